The minimum atomic E-state index is -0.0991. The zero-order valence-corrected chi connectivity index (χ0v) is 20.1. The summed E-state index contributed by atoms with van der Waals surface area (Å²) < 4.78 is 1.89. The van der Waals surface area contributed by atoms with Crippen molar-refractivity contribution in [1.82, 2.24) is 19.5 Å². The van der Waals surface area contributed by atoms with Crippen molar-refractivity contribution >= 4 is 34.9 Å². The Hall–Kier alpha value is -2.63. The molecule has 0 saturated heterocycles. The Morgan fingerprint density at radius 3 is 2.45 bits per heavy atom. The molecular formula is C24H26Cl2N4O. The van der Waals surface area contributed by atoms with Crippen molar-refractivity contribution < 1.29 is 0 Å². The quantitative estimate of drug-likeness (QED) is 0.403. The first-order chi connectivity index (χ1) is 14.1. The van der Waals surface area contributed by atoms with Crippen LogP contribution in [0.5, 0.6) is 0 Å². The number of aryl methyl sites for hydroxylation is 3. The molecule has 162 valence electrons. The molecule has 1 N–H and O–H groups in total. The van der Waals surface area contributed by atoms with Gasteiger partial charge in [-0.25, -0.2) is 4.98 Å². The topological polar surface area (TPSA) is 63.6 Å². The van der Waals surface area contributed by atoms with E-state index in [0.29, 0.717) is 21.9 Å². The number of halogens is 2. The second-order valence-electron chi connectivity index (χ2n) is 8.84. The molecule has 0 saturated carbocycles. The monoisotopic (exact) mass is 456 g/mol. The summed E-state index contributed by atoms with van der Waals surface area (Å²) in [6, 6.07) is 7.49. The first kappa shape index (κ1) is 23.0. The number of fused-ring (bicyclic) bond motifs is 1. The summed E-state index contributed by atoms with van der Waals surface area (Å²) >= 11 is 6.61. The lowest BCUT2D eigenvalue weighted by Crippen LogP contribution is -2.12. The van der Waals surface area contributed by atoms with Gasteiger partial charge < -0.3 is 9.55 Å². The van der Waals surface area contributed by atoms with Crippen LogP contribution in [0.3, 0.4) is 0 Å². The van der Waals surface area contributed by atoms with Crippen LogP contribution in [0.1, 0.15) is 37.6 Å². The zero-order chi connectivity index (χ0) is 21.8. The SMILES string of the molecule is Cc1cn(C)c(-c2nccc3[nH]c(-c4cc(Cl)c(C(C)(C)C)cc4C)cc(=O)c23)n1.Cl. The summed E-state index contributed by atoms with van der Waals surface area (Å²) in [5.41, 5.74) is 5.82. The van der Waals surface area contributed by atoms with E-state index < -0.39 is 0 Å². The van der Waals surface area contributed by atoms with Gasteiger partial charge in [0.2, 0.25) is 0 Å². The fraction of sp³-hybridized carbons (Fsp3) is 0.292. The lowest BCUT2D eigenvalue weighted by atomic mass is 9.85. The molecule has 0 aliphatic carbocycles. The van der Waals surface area contributed by atoms with E-state index in [-0.39, 0.29) is 23.3 Å². The third kappa shape index (κ3) is 4.12. The van der Waals surface area contributed by atoms with Crippen LogP contribution in [0.15, 0.2) is 41.5 Å². The van der Waals surface area contributed by atoms with Crippen LogP contribution < -0.4 is 5.43 Å². The molecule has 31 heavy (non-hydrogen) atoms. The van der Waals surface area contributed by atoms with E-state index in [1.165, 1.54) is 0 Å². The van der Waals surface area contributed by atoms with Gasteiger partial charge in [0.25, 0.3) is 0 Å². The van der Waals surface area contributed by atoms with E-state index in [1.807, 2.05) is 43.8 Å². The average Bonchev–Trinajstić information content (AvgIpc) is 2.99. The molecule has 0 aliphatic rings. The maximum Gasteiger partial charge on any atom is 0.192 e. The molecule has 3 aromatic heterocycles. The van der Waals surface area contributed by atoms with Crippen molar-refractivity contribution in [3.8, 4) is 22.8 Å². The number of imidazole rings is 1. The van der Waals surface area contributed by atoms with Gasteiger partial charge in [0.15, 0.2) is 11.3 Å². The Kier molecular flexibility index (Phi) is 6.05. The highest BCUT2D eigenvalue weighted by Crippen LogP contribution is 2.35. The highest BCUT2D eigenvalue weighted by molar-refractivity contribution is 6.31. The minimum absolute atomic E-state index is 0. The van der Waals surface area contributed by atoms with Gasteiger partial charge in [-0.2, -0.15) is 0 Å². The summed E-state index contributed by atoms with van der Waals surface area (Å²) in [4.78, 5) is 25.6. The first-order valence-electron chi connectivity index (χ1n) is 9.89. The van der Waals surface area contributed by atoms with Gasteiger partial charge in [0, 0.05) is 36.1 Å². The van der Waals surface area contributed by atoms with Crippen molar-refractivity contribution in [1.29, 1.82) is 0 Å². The molecule has 0 atom stereocenters. The molecule has 0 aliphatic heterocycles. The van der Waals surface area contributed by atoms with Crippen LogP contribution in [0.25, 0.3) is 33.7 Å². The fourth-order valence-corrected chi connectivity index (χ4v) is 4.34. The van der Waals surface area contributed by atoms with E-state index >= 15 is 0 Å². The number of nitrogens with zero attached hydrogens (tertiary/aromatic N) is 3. The van der Waals surface area contributed by atoms with Crippen molar-refractivity contribution in [2.45, 2.75) is 40.0 Å². The van der Waals surface area contributed by atoms with Crippen molar-refractivity contribution in [2.24, 2.45) is 7.05 Å². The van der Waals surface area contributed by atoms with Crippen LogP contribution >= 0.6 is 24.0 Å². The molecule has 3 heterocycles. The predicted molar refractivity (Wildman–Crippen MR) is 130 cm³/mol. The molecule has 0 radical (unpaired) electrons. The number of benzene rings is 1. The van der Waals surface area contributed by atoms with Gasteiger partial charge in [0.05, 0.1) is 22.3 Å². The number of hydrogen-bond donors (Lipinski definition) is 1. The fourth-order valence-electron chi connectivity index (χ4n) is 3.90. The zero-order valence-electron chi connectivity index (χ0n) is 18.5. The summed E-state index contributed by atoms with van der Waals surface area (Å²) in [5, 5.41) is 1.23. The summed E-state index contributed by atoms with van der Waals surface area (Å²) in [5.74, 6) is 0.671. The molecule has 0 fully saturated rings. The number of aromatic amines is 1. The van der Waals surface area contributed by atoms with Gasteiger partial charge in [0.1, 0.15) is 5.69 Å². The smallest absolute Gasteiger partial charge is 0.192 e. The number of nitrogens with one attached hydrogen (secondary N) is 1. The Morgan fingerprint density at radius 1 is 1.13 bits per heavy atom. The van der Waals surface area contributed by atoms with Gasteiger partial charge in [-0.3, -0.25) is 9.78 Å². The highest BCUT2D eigenvalue weighted by atomic mass is 35.5. The summed E-state index contributed by atoms with van der Waals surface area (Å²) in [6.07, 6.45) is 3.62. The Labute approximate surface area is 192 Å². The van der Waals surface area contributed by atoms with E-state index in [0.717, 1.165) is 33.6 Å². The summed E-state index contributed by atoms with van der Waals surface area (Å²) in [7, 11) is 1.90. The molecule has 5 nitrogen and oxygen atoms in total. The maximum absolute atomic E-state index is 13.2. The molecular weight excluding hydrogens is 431 g/mol. The molecule has 0 amide bonds. The predicted octanol–water partition coefficient (Wildman–Crippen LogP) is 5.98. The third-order valence-corrected chi connectivity index (χ3v) is 5.68. The minimum Gasteiger partial charge on any atom is -0.354 e. The van der Waals surface area contributed by atoms with E-state index in [2.05, 4.69) is 41.8 Å². The number of rotatable bonds is 2. The second-order valence-corrected chi connectivity index (χ2v) is 9.25. The first-order valence-corrected chi connectivity index (χ1v) is 10.3. The van der Waals surface area contributed by atoms with Gasteiger partial charge in [-0.1, -0.05) is 38.4 Å². The lowest BCUT2D eigenvalue weighted by molar-refractivity contribution is 0.590. The van der Waals surface area contributed by atoms with Gasteiger partial charge in [-0.05, 0) is 42.5 Å². The van der Waals surface area contributed by atoms with Crippen LogP contribution in [-0.2, 0) is 12.5 Å². The number of hydrogen-bond acceptors (Lipinski definition) is 3. The lowest BCUT2D eigenvalue weighted by Gasteiger charge is -2.22. The van der Waals surface area contributed by atoms with Crippen molar-refractivity contribution in [3.63, 3.8) is 0 Å². The van der Waals surface area contributed by atoms with E-state index in [4.69, 9.17) is 11.6 Å². The van der Waals surface area contributed by atoms with Crippen LogP contribution in [0, 0.1) is 13.8 Å². The normalized spacial score (nSPS) is 11.6. The largest absolute Gasteiger partial charge is 0.354 e. The van der Waals surface area contributed by atoms with Crippen molar-refractivity contribution in [2.75, 3.05) is 0 Å². The Morgan fingerprint density at radius 2 is 1.84 bits per heavy atom. The molecule has 4 aromatic rings. The standard InChI is InChI=1S/C24H25ClN4O.ClH/c1-13-9-16(24(3,4)5)17(25)10-15(13)19-11-20(30)21-18(28-19)7-8-26-22(21)23-27-14(2)12-29(23)6;/h7-12H,1-6H3,(H,28,30);1H. The van der Waals surface area contributed by atoms with Gasteiger partial charge >= 0.3 is 0 Å². The Bertz CT molecular complexity index is 1350. The number of aromatic nitrogens is 4. The molecule has 0 bridgehead atoms. The van der Waals surface area contributed by atoms with E-state index in [9.17, 15) is 4.79 Å². The molecule has 0 spiro atoms. The molecule has 1 aromatic carbocycles. The maximum atomic E-state index is 13.2. The summed E-state index contributed by atoms with van der Waals surface area (Å²) in [6.45, 7) is 10.4. The number of H-pyrrole nitrogens is 1. The second kappa shape index (κ2) is 8.13. The molecule has 7 heteroatoms. The average molecular weight is 457 g/mol. The van der Waals surface area contributed by atoms with Crippen LogP contribution in [-0.4, -0.2) is 19.5 Å². The van der Waals surface area contributed by atoms with Crippen molar-refractivity contribution in [3.05, 3.63) is 68.7 Å². The third-order valence-electron chi connectivity index (χ3n) is 5.36. The van der Waals surface area contributed by atoms with Crippen LogP contribution in [0.2, 0.25) is 5.02 Å². The molecule has 0 unspecified atom stereocenters. The molecule has 4 rings (SSSR count). The van der Waals surface area contributed by atoms with Crippen LogP contribution in [0.4, 0.5) is 0 Å². The Balaban J connectivity index is 0.00000272. The number of pyridine rings is 2. The van der Waals surface area contributed by atoms with Gasteiger partial charge in [-0.15, -0.1) is 12.4 Å². The van der Waals surface area contributed by atoms with E-state index in [1.54, 1.807) is 12.3 Å². The highest BCUT2D eigenvalue weighted by Gasteiger charge is 2.20.